The minimum Gasteiger partial charge on any atom is -0.341 e. The van der Waals surface area contributed by atoms with Crippen LogP contribution in [-0.2, 0) is 11.2 Å². The van der Waals surface area contributed by atoms with Crippen LogP contribution in [0.4, 0.5) is 0 Å². The number of carbonyl (C=O) groups is 1. The van der Waals surface area contributed by atoms with Crippen LogP contribution in [0.1, 0.15) is 50.5 Å². The zero-order chi connectivity index (χ0) is 18.5. The van der Waals surface area contributed by atoms with Gasteiger partial charge in [-0.05, 0) is 81.4 Å². The first-order valence-electron chi connectivity index (χ1n) is 11.0. The minimum absolute atomic E-state index is 0.0673. The highest BCUT2D eigenvalue weighted by atomic mass is 16.2. The van der Waals surface area contributed by atoms with Crippen molar-refractivity contribution in [1.82, 2.24) is 15.5 Å². The van der Waals surface area contributed by atoms with Crippen molar-refractivity contribution < 1.29 is 4.79 Å². The molecule has 3 heterocycles. The van der Waals surface area contributed by atoms with E-state index >= 15 is 0 Å². The van der Waals surface area contributed by atoms with Gasteiger partial charge in [0.25, 0.3) is 0 Å². The van der Waals surface area contributed by atoms with Crippen LogP contribution >= 0.6 is 0 Å². The van der Waals surface area contributed by atoms with Crippen molar-refractivity contribution in [3.05, 3.63) is 35.9 Å². The number of likely N-dealkylation sites (tertiary alicyclic amines) is 1. The van der Waals surface area contributed by atoms with Crippen molar-refractivity contribution in [2.24, 2.45) is 11.3 Å². The number of benzene rings is 1. The average Bonchev–Trinajstić information content (AvgIpc) is 3.12. The highest BCUT2D eigenvalue weighted by Crippen LogP contribution is 2.38. The van der Waals surface area contributed by atoms with Gasteiger partial charge in [0, 0.05) is 19.6 Å². The first kappa shape index (κ1) is 18.9. The summed E-state index contributed by atoms with van der Waals surface area (Å²) in [5.41, 5.74) is 1.82. The molecule has 1 spiro atoms. The number of hydrogen-bond donors (Lipinski definition) is 2. The lowest BCUT2D eigenvalue weighted by atomic mass is 9.77. The molecule has 27 heavy (non-hydrogen) atoms. The van der Waals surface area contributed by atoms with Crippen LogP contribution in [0.2, 0.25) is 0 Å². The predicted octanol–water partition coefficient (Wildman–Crippen LogP) is 2.98. The van der Waals surface area contributed by atoms with Gasteiger partial charge < -0.3 is 15.5 Å². The molecule has 0 saturated carbocycles. The highest BCUT2D eigenvalue weighted by Gasteiger charge is 2.43. The number of piperidine rings is 2. The monoisotopic (exact) mass is 369 g/mol. The summed E-state index contributed by atoms with van der Waals surface area (Å²) in [6, 6.07) is 10.9. The van der Waals surface area contributed by atoms with Gasteiger partial charge in [-0.1, -0.05) is 30.3 Å². The SMILES string of the molecule is O=C([C@H]1CC2(CCNCC2)CN1)N1CCC(CCCc2ccccc2)CC1. The molecule has 2 N–H and O–H groups in total. The molecular weight excluding hydrogens is 334 g/mol. The predicted molar refractivity (Wildman–Crippen MR) is 110 cm³/mol. The fourth-order valence-electron chi connectivity index (χ4n) is 5.33. The molecule has 1 aromatic rings. The molecular formula is C23H35N3O. The summed E-state index contributed by atoms with van der Waals surface area (Å²) in [4.78, 5) is 15.1. The molecule has 3 fully saturated rings. The number of aryl methyl sites for hydroxylation is 1. The summed E-state index contributed by atoms with van der Waals surface area (Å²) in [7, 11) is 0. The molecule has 0 bridgehead atoms. The second-order valence-corrected chi connectivity index (χ2v) is 9.03. The minimum atomic E-state index is 0.0673. The Balaban J connectivity index is 1.18. The third-order valence-electron chi connectivity index (χ3n) is 7.17. The van der Waals surface area contributed by atoms with Gasteiger partial charge in [-0.15, -0.1) is 0 Å². The first-order chi connectivity index (χ1) is 13.2. The van der Waals surface area contributed by atoms with Crippen LogP contribution < -0.4 is 10.6 Å². The molecule has 0 aromatic heterocycles. The summed E-state index contributed by atoms with van der Waals surface area (Å²) in [5, 5.41) is 7.01. The van der Waals surface area contributed by atoms with Crippen LogP contribution in [0.15, 0.2) is 30.3 Å². The lowest BCUT2D eigenvalue weighted by molar-refractivity contribution is -0.134. The van der Waals surface area contributed by atoms with E-state index in [0.717, 1.165) is 45.1 Å². The van der Waals surface area contributed by atoms with Crippen LogP contribution in [0.5, 0.6) is 0 Å². The van der Waals surface area contributed by atoms with Crippen LogP contribution in [0.25, 0.3) is 0 Å². The molecule has 4 heteroatoms. The smallest absolute Gasteiger partial charge is 0.239 e. The Morgan fingerprint density at radius 1 is 1.11 bits per heavy atom. The molecule has 0 unspecified atom stereocenters. The summed E-state index contributed by atoms with van der Waals surface area (Å²) in [6.45, 7) is 5.16. The Hall–Kier alpha value is -1.39. The summed E-state index contributed by atoms with van der Waals surface area (Å²) in [6.07, 6.45) is 9.59. The molecule has 0 radical (unpaired) electrons. The van der Waals surface area contributed by atoms with E-state index in [9.17, 15) is 4.79 Å². The third kappa shape index (κ3) is 4.72. The van der Waals surface area contributed by atoms with Crippen molar-refractivity contribution in [2.75, 3.05) is 32.7 Å². The molecule has 148 valence electrons. The fraction of sp³-hybridized carbons (Fsp3) is 0.696. The summed E-state index contributed by atoms with van der Waals surface area (Å²) >= 11 is 0. The van der Waals surface area contributed by atoms with Crippen LogP contribution in [0, 0.1) is 11.3 Å². The first-order valence-corrected chi connectivity index (χ1v) is 11.0. The second kappa shape index (κ2) is 8.74. The van der Waals surface area contributed by atoms with E-state index in [2.05, 4.69) is 45.9 Å². The molecule has 4 rings (SSSR count). The van der Waals surface area contributed by atoms with Crippen molar-refractivity contribution >= 4 is 5.91 Å². The topological polar surface area (TPSA) is 44.4 Å². The van der Waals surface area contributed by atoms with E-state index < -0.39 is 0 Å². The maximum atomic E-state index is 13.0. The largest absolute Gasteiger partial charge is 0.341 e. The zero-order valence-electron chi connectivity index (χ0n) is 16.6. The molecule has 1 amide bonds. The van der Waals surface area contributed by atoms with Crippen LogP contribution in [0.3, 0.4) is 0 Å². The van der Waals surface area contributed by atoms with Crippen molar-refractivity contribution in [2.45, 2.75) is 57.4 Å². The van der Waals surface area contributed by atoms with E-state index in [1.54, 1.807) is 0 Å². The normalized spacial score (nSPS) is 25.8. The van der Waals surface area contributed by atoms with E-state index in [1.807, 2.05) is 0 Å². The van der Waals surface area contributed by atoms with Gasteiger partial charge in [-0.2, -0.15) is 0 Å². The quantitative estimate of drug-likeness (QED) is 0.839. The number of amides is 1. The fourth-order valence-corrected chi connectivity index (χ4v) is 5.33. The Morgan fingerprint density at radius 3 is 2.59 bits per heavy atom. The van der Waals surface area contributed by atoms with E-state index in [-0.39, 0.29) is 6.04 Å². The summed E-state index contributed by atoms with van der Waals surface area (Å²) in [5.74, 6) is 1.17. The number of nitrogens with zero attached hydrogens (tertiary/aromatic N) is 1. The third-order valence-corrected chi connectivity index (χ3v) is 7.17. The van der Waals surface area contributed by atoms with Gasteiger partial charge in [0.1, 0.15) is 0 Å². The number of nitrogens with one attached hydrogen (secondary N) is 2. The highest BCUT2D eigenvalue weighted by molar-refractivity contribution is 5.82. The maximum Gasteiger partial charge on any atom is 0.239 e. The van der Waals surface area contributed by atoms with Gasteiger partial charge in [-0.25, -0.2) is 0 Å². The number of carbonyl (C=O) groups excluding carboxylic acids is 1. The van der Waals surface area contributed by atoms with Crippen molar-refractivity contribution in [1.29, 1.82) is 0 Å². The van der Waals surface area contributed by atoms with Gasteiger partial charge in [0.15, 0.2) is 0 Å². The van der Waals surface area contributed by atoms with E-state index in [1.165, 1.54) is 50.5 Å². The Labute approximate surface area is 164 Å². The molecule has 4 nitrogen and oxygen atoms in total. The number of hydrogen-bond acceptors (Lipinski definition) is 3. The molecule has 3 aliphatic rings. The lowest BCUT2D eigenvalue weighted by Crippen LogP contribution is -2.47. The number of rotatable bonds is 5. The van der Waals surface area contributed by atoms with Gasteiger partial charge in [0.05, 0.1) is 6.04 Å². The Kier molecular flexibility index (Phi) is 6.14. The van der Waals surface area contributed by atoms with Gasteiger partial charge in [0.2, 0.25) is 5.91 Å². The lowest BCUT2D eigenvalue weighted by Gasteiger charge is -2.35. The second-order valence-electron chi connectivity index (χ2n) is 9.03. The van der Waals surface area contributed by atoms with E-state index in [4.69, 9.17) is 0 Å². The zero-order valence-corrected chi connectivity index (χ0v) is 16.6. The van der Waals surface area contributed by atoms with Gasteiger partial charge >= 0.3 is 0 Å². The standard InChI is InChI=1S/C23H35N3O/c27-22(21-17-23(18-25-21)11-13-24-14-12-23)26-15-9-20(10-16-26)8-4-7-19-5-2-1-3-6-19/h1-3,5-6,20-21,24-25H,4,7-18H2/t21-/m1/s1. The summed E-state index contributed by atoms with van der Waals surface area (Å²) < 4.78 is 0. The maximum absolute atomic E-state index is 13.0. The molecule has 3 saturated heterocycles. The Bertz CT molecular complexity index is 603. The van der Waals surface area contributed by atoms with Crippen molar-refractivity contribution in [3.8, 4) is 0 Å². The molecule has 1 aromatic carbocycles. The molecule has 0 aliphatic carbocycles. The Morgan fingerprint density at radius 2 is 1.85 bits per heavy atom. The molecule has 1 atom stereocenters. The molecule has 3 aliphatic heterocycles. The van der Waals surface area contributed by atoms with E-state index in [0.29, 0.717) is 11.3 Å². The van der Waals surface area contributed by atoms with Gasteiger partial charge in [-0.3, -0.25) is 4.79 Å². The van der Waals surface area contributed by atoms with Crippen molar-refractivity contribution in [3.63, 3.8) is 0 Å². The van der Waals surface area contributed by atoms with Crippen LogP contribution in [-0.4, -0.2) is 49.6 Å². The average molecular weight is 370 g/mol.